The fourth-order valence-electron chi connectivity index (χ4n) is 3.66. The second-order valence-electron chi connectivity index (χ2n) is 6.98. The molecule has 0 atom stereocenters. The van der Waals surface area contributed by atoms with E-state index in [1.807, 2.05) is 37.3 Å². The van der Waals surface area contributed by atoms with Crippen LogP contribution in [0.4, 0.5) is 5.82 Å². The van der Waals surface area contributed by atoms with Crippen LogP contribution >= 0.6 is 0 Å². The van der Waals surface area contributed by atoms with Crippen LogP contribution in [-0.4, -0.2) is 43.9 Å². The van der Waals surface area contributed by atoms with Crippen LogP contribution in [0.2, 0.25) is 0 Å². The van der Waals surface area contributed by atoms with Crippen molar-refractivity contribution in [1.29, 1.82) is 0 Å². The summed E-state index contributed by atoms with van der Waals surface area (Å²) in [5, 5.41) is 1.12. The highest BCUT2D eigenvalue weighted by Crippen LogP contribution is 2.26. The molecule has 0 aliphatic carbocycles. The Morgan fingerprint density at radius 3 is 2.26 bits per heavy atom. The zero-order valence-electron chi connectivity index (χ0n) is 15.6. The molecule has 5 nitrogen and oxygen atoms in total. The molecule has 0 saturated carbocycles. The maximum atomic E-state index is 13.0. The van der Waals surface area contributed by atoms with E-state index in [9.17, 15) is 8.42 Å². The molecular weight excluding hydrogens is 358 g/mol. The Kier molecular flexibility index (Phi) is 4.61. The third-order valence-electron chi connectivity index (χ3n) is 5.14. The smallest absolute Gasteiger partial charge is 0.243 e. The highest BCUT2D eigenvalue weighted by molar-refractivity contribution is 7.89. The minimum absolute atomic E-state index is 0.401. The second-order valence-corrected chi connectivity index (χ2v) is 8.88. The number of pyridine rings is 1. The lowest BCUT2D eigenvalue weighted by Crippen LogP contribution is -2.49. The number of hydrogen-bond acceptors (Lipinski definition) is 4. The zero-order valence-corrected chi connectivity index (χ0v) is 16.4. The predicted molar refractivity (Wildman–Crippen MR) is 109 cm³/mol. The van der Waals surface area contributed by atoms with Gasteiger partial charge < -0.3 is 4.90 Å². The van der Waals surface area contributed by atoms with Gasteiger partial charge in [0.25, 0.3) is 0 Å². The van der Waals surface area contributed by atoms with Crippen molar-refractivity contribution in [2.45, 2.75) is 18.7 Å². The Hall–Kier alpha value is -2.44. The summed E-state index contributed by atoms with van der Waals surface area (Å²) in [7, 11) is -3.46. The van der Waals surface area contributed by atoms with Gasteiger partial charge in [-0.2, -0.15) is 4.31 Å². The standard InChI is InChI=1S/C21H23N3O2S/c1-16-7-3-6-10-20(16)27(25,26)24-13-11-23(12-14-24)21-17(2)15-18-8-4-5-9-19(18)22-21/h3-10,15H,11-14H2,1-2H3. The molecule has 4 rings (SSSR count). The van der Waals surface area contributed by atoms with Gasteiger partial charge >= 0.3 is 0 Å². The van der Waals surface area contributed by atoms with Crippen LogP contribution in [-0.2, 0) is 10.0 Å². The molecule has 1 fully saturated rings. The molecule has 0 spiro atoms. The number of nitrogens with zero attached hydrogens (tertiary/aromatic N) is 3. The first-order valence-corrected chi connectivity index (χ1v) is 10.6. The van der Waals surface area contributed by atoms with E-state index in [4.69, 9.17) is 4.98 Å². The lowest BCUT2D eigenvalue weighted by Gasteiger charge is -2.35. The van der Waals surface area contributed by atoms with Crippen molar-refractivity contribution in [1.82, 2.24) is 9.29 Å². The van der Waals surface area contributed by atoms with E-state index in [1.54, 1.807) is 16.4 Å². The summed E-state index contributed by atoms with van der Waals surface area (Å²) in [5.41, 5.74) is 2.86. The van der Waals surface area contributed by atoms with Crippen LogP contribution in [0.25, 0.3) is 10.9 Å². The molecule has 2 heterocycles. The van der Waals surface area contributed by atoms with Crippen molar-refractivity contribution in [2.75, 3.05) is 31.1 Å². The van der Waals surface area contributed by atoms with Gasteiger partial charge in [0.1, 0.15) is 5.82 Å². The first-order chi connectivity index (χ1) is 13.0. The van der Waals surface area contributed by atoms with Crippen LogP contribution in [0.3, 0.4) is 0 Å². The number of hydrogen-bond donors (Lipinski definition) is 0. The Balaban J connectivity index is 1.56. The van der Waals surface area contributed by atoms with Gasteiger partial charge in [0, 0.05) is 31.6 Å². The van der Waals surface area contributed by atoms with Gasteiger partial charge in [-0.3, -0.25) is 0 Å². The summed E-state index contributed by atoms with van der Waals surface area (Å²) < 4.78 is 27.6. The predicted octanol–water partition coefficient (Wildman–Crippen LogP) is 3.36. The maximum absolute atomic E-state index is 13.0. The van der Waals surface area contributed by atoms with Crippen molar-refractivity contribution in [2.24, 2.45) is 0 Å². The molecule has 1 aliphatic rings. The molecule has 0 radical (unpaired) electrons. The fourth-order valence-corrected chi connectivity index (χ4v) is 5.30. The number of anilines is 1. The molecule has 0 bridgehead atoms. The summed E-state index contributed by atoms with van der Waals surface area (Å²) in [4.78, 5) is 7.40. The number of benzene rings is 2. The van der Waals surface area contributed by atoms with Crippen molar-refractivity contribution in [3.05, 3.63) is 65.7 Å². The van der Waals surface area contributed by atoms with E-state index in [0.717, 1.165) is 27.8 Å². The molecule has 3 aromatic rings. The van der Waals surface area contributed by atoms with Crippen LogP contribution in [0.1, 0.15) is 11.1 Å². The van der Waals surface area contributed by atoms with E-state index in [2.05, 4.69) is 24.0 Å². The number of fused-ring (bicyclic) bond motifs is 1. The fraction of sp³-hybridized carbons (Fsp3) is 0.286. The first-order valence-electron chi connectivity index (χ1n) is 9.14. The van der Waals surface area contributed by atoms with E-state index in [0.29, 0.717) is 31.1 Å². The average molecular weight is 382 g/mol. The van der Waals surface area contributed by atoms with Gasteiger partial charge in [0.15, 0.2) is 0 Å². The average Bonchev–Trinajstić information content (AvgIpc) is 2.68. The molecule has 27 heavy (non-hydrogen) atoms. The van der Waals surface area contributed by atoms with E-state index in [1.165, 1.54) is 0 Å². The minimum atomic E-state index is -3.46. The number of para-hydroxylation sites is 1. The van der Waals surface area contributed by atoms with Crippen LogP contribution in [0.5, 0.6) is 0 Å². The molecule has 1 aromatic heterocycles. The van der Waals surface area contributed by atoms with Crippen LogP contribution in [0.15, 0.2) is 59.5 Å². The first kappa shape index (κ1) is 17.9. The van der Waals surface area contributed by atoms with Crippen molar-refractivity contribution in [3.8, 4) is 0 Å². The molecule has 0 N–H and O–H groups in total. The SMILES string of the molecule is Cc1ccccc1S(=O)(=O)N1CCN(c2nc3ccccc3cc2C)CC1. The second kappa shape index (κ2) is 6.94. The maximum Gasteiger partial charge on any atom is 0.243 e. The number of aromatic nitrogens is 1. The summed E-state index contributed by atoms with van der Waals surface area (Å²) in [6.45, 7) is 6.10. The molecule has 140 valence electrons. The molecular formula is C21H23N3O2S. The number of sulfonamides is 1. The monoisotopic (exact) mass is 381 g/mol. The number of rotatable bonds is 3. The van der Waals surface area contributed by atoms with Gasteiger partial charge in [-0.1, -0.05) is 36.4 Å². The lowest BCUT2D eigenvalue weighted by molar-refractivity contribution is 0.383. The summed E-state index contributed by atoms with van der Waals surface area (Å²) in [5.74, 6) is 0.946. The summed E-state index contributed by atoms with van der Waals surface area (Å²) in [6, 6.07) is 17.4. The largest absolute Gasteiger partial charge is 0.354 e. The van der Waals surface area contributed by atoms with Gasteiger partial charge in [-0.05, 0) is 43.2 Å². The van der Waals surface area contributed by atoms with E-state index >= 15 is 0 Å². The molecule has 2 aromatic carbocycles. The van der Waals surface area contributed by atoms with Crippen molar-refractivity contribution < 1.29 is 8.42 Å². The molecule has 0 unspecified atom stereocenters. The number of aryl methyl sites for hydroxylation is 2. The lowest BCUT2D eigenvalue weighted by atomic mass is 10.1. The Labute approximate surface area is 160 Å². The Morgan fingerprint density at radius 2 is 1.52 bits per heavy atom. The molecule has 1 saturated heterocycles. The number of piperazine rings is 1. The molecule has 0 amide bonds. The van der Waals surface area contributed by atoms with Crippen molar-refractivity contribution in [3.63, 3.8) is 0 Å². The Bertz CT molecular complexity index is 1090. The van der Waals surface area contributed by atoms with E-state index in [-0.39, 0.29) is 0 Å². The Morgan fingerprint density at radius 1 is 0.852 bits per heavy atom. The van der Waals surface area contributed by atoms with Gasteiger partial charge in [-0.25, -0.2) is 13.4 Å². The minimum Gasteiger partial charge on any atom is -0.354 e. The van der Waals surface area contributed by atoms with Crippen LogP contribution in [0, 0.1) is 13.8 Å². The normalized spacial score (nSPS) is 16.0. The molecule has 1 aliphatic heterocycles. The third kappa shape index (κ3) is 3.31. The quantitative estimate of drug-likeness (QED) is 0.698. The van der Waals surface area contributed by atoms with Gasteiger partial charge in [-0.15, -0.1) is 0 Å². The zero-order chi connectivity index (χ0) is 19.0. The molecule has 6 heteroatoms. The summed E-state index contributed by atoms with van der Waals surface area (Å²) >= 11 is 0. The summed E-state index contributed by atoms with van der Waals surface area (Å²) in [6.07, 6.45) is 0. The van der Waals surface area contributed by atoms with Gasteiger partial charge in [0.2, 0.25) is 10.0 Å². The van der Waals surface area contributed by atoms with Gasteiger partial charge in [0.05, 0.1) is 10.4 Å². The highest BCUT2D eigenvalue weighted by atomic mass is 32.2. The van der Waals surface area contributed by atoms with E-state index < -0.39 is 10.0 Å². The van der Waals surface area contributed by atoms with Crippen LogP contribution < -0.4 is 4.90 Å². The third-order valence-corrected chi connectivity index (χ3v) is 7.20. The topological polar surface area (TPSA) is 53.5 Å². The van der Waals surface area contributed by atoms with Crippen molar-refractivity contribution >= 4 is 26.7 Å². The highest BCUT2D eigenvalue weighted by Gasteiger charge is 2.30.